The molecule has 8 nitrogen and oxygen atoms in total. The number of amides is 3. The lowest BCUT2D eigenvalue weighted by Crippen LogP contribution is -2.50. The van der Waals surface area contributed by atoms with Crippen LogP contribution in [0.5, 0.6) is 0 Å². The van der Waals surface area contributed by atoms with Crippen molar-refractivity contribution in [3.8, 4) is 0 Å². The number of aromatic nitrogens is 1. The van der Waals surface area contributed by atoms with E-state index < -0.39 is 6.04 Å². The minimum atomic E-state index is -0.651. The van der Waals surface area contributed by atoms with Gasteiger partial charge < -0.3 is 24.8 Å². The summed E-state index contributed by atoms with van der Waals surface area (Å²) in [5.41, 5.74) is 1.98. The first-order valence-electron chi connectivity index (χ1n) is 9.43. The van der Waals surface area contributed by atoms with Gasteiger partial charge in [0.15, 0.2) is 0 Å². The molecule has 1 aromatic carbocycles. The van der Waals surface area contributed by atoms with Gasteiger partial charge >= 0.3 is 6.09 Å². The van der Waals surface area contributed by atoms with Crippen LogP contribution in [0.15, 0.2) is 30.5 Å². The molecular weight excluding hydrogens is 360 g/mol. The summed E-state index contributed by atoms with van der Waals surface area (Å²) in [4.78, 5) is 43.2. The largest absolute Gasteiger partial charge is 0.453 e. The SMILES string of the molecule is COC(=O)N1CCCN(C(=O)[C@H](Cc2c[nH]c3ccccc23)NC(C)=O)CC1. The summed E-state index contributed by atoms with van der Waals surface area (Å²) in [5, 5.41) is 3.84. The fourth-order valence-electron chi connectivity index (χ4n) is 3.64. The quantitative estimate of drug-likeness (QED) is 0.833. The lowest BCUT2D eigenvalue weighted by atomic mass is 10.0. The Kier molecular flexibility index (Phi) is 6.18. The molecule has 0 spiro atoms. The summed E-state index contributed by atoms with van der Waals surface area (Å²) < 4.78 is 4.78. The van der Waals surface area contributed by atoms with Crippen molar-refractivity contribution >= 4 is 28.8 Å². The molecular formula is C20H26N4O4. The monoisotopic (exact) mass is 386 g/mol. The second-order valence-corrected chi connectivity index (χ2v) is 6.95. The van der Waals surface area contributed by atoms with E-state index in [2.05, 4.69) is 10.3 Å². The molecule has 3 rings (SSSR count). The van der Waals surface area contributed by atoms with Crippen LogP contribution < -0.4 is 5.32 Å². The molecule has 3 amide bonds. The van der Waals surface area contributed by atoms with Crippen LogP contribution in [0.4, 0.5) is 4.79 Å². The Morgan fingerprint density at radius 2 is 1.86 bits per heavy atom. The summed E-state index contributed by atoms with van der Waals surface area (Å²) in [5.74, 6) is -0.378. The number of nitrogens with zero attached hydrogens (tertiary/aromatic N) is 2. The molecule has 1 fully saturated rings. The van der Waals surface area contributed by atoms with Crippen molar-refractivity contribution in [3.05, 3.63) is 36.0 Å². The number of hydrogen-bond donors (Lipinski definition) is 2. The number of hydrogen-bond acceptors (Lipinski definition) is 4. The smallest absolute Gasteiger partial charge is 0.409 e. The zero-order valence-electron chi connectivity index (χ0n) is 16.2. The molecule has 2 aromatic rings. The number of carbonyl (C=O) groups is 3. The topological polar surface area (TPSA) is 94.7 Å². The number of nitrogens with one attached hydrogen (secondary N) is 2. The number of ether oxygens (including phenoxy) is 1. The standard InChI is InChI=1S/C20H26N4O4/c1-14(25)22-18(12-15-13-21-17-7-4-3-6-16(15)17)19(26)23-8-5-9-24(11-10-23)20(27)28-2/h3-4,6-7,13,18,21H,5,8-12H2,1-2H3,(H,22,25)/t18-/m0/s1. The van der Waals surface area contributed by atoms with Crippen LogP contribution in [-0.2, 0) is 20.7 Å². The van der Waals surface area contributed by atoms with E-state index in [1.165, 1.54) is 14.0 Å². The molecule has 1 aliphatic rings. The Labute approximate surface area is 163 Å². The summed E-state index contributed by atoms with van der Waals surface area (Å²) in [6.07, 6.45) is 2.57. The maximum Gasteiger partial charge on any atom is 0.409 e. The molecule has 2 N–H and O–H groups in total. The second-order valence-electron chi connectivity index (χ2n) is 6.95. The number of carbonyl (C=O) groups excluding carboxylic acids is 3. The fraction of sp³-hybridized carbons (Fsp3) is 0.450. The van der Waals surface area contributed by atoms with Crippen LogP contribution in [-0.4, -0.2) is 72.0 Å². The predicted octanol–water partition coefficient (Wildman–Crippen LogP) is 1.52. The maximum atomic E-state index is 13.2. The van der Waals surface area contributed by atoms with Gasteiger partial charge in [0.2, 0.25) is 11.8 Å². The Hall–Kier alpha value is -3.03. The number of methoxy groups -OCH3 is 1. The van der Waals surface area contributed by atoms with Crippen LogP contribution in [0.2, 0.25) is 0 Å². The minimum absolute atomic E-state index is 0.132. The lowest BCUT2D eigenvalue weighted by Gasteiger charge is -2.26. The summed E-state index contributed by atoms with van der Waals surface area (Å²) in [6.45, 7) is 3.33. The number of aromatic amines is 1. The molecule has 0 aliphatic carbocycles. The molecule has 2 heterocycles. The van der Waals surface area contributed by atoms with E-state index in [0.717, 1.165) is 16.5 Å². The van der Waals surface area contributed by atoms with Gasteiger partial charge in [-0.15, -0.1) is 0 Å². The van der Waals surface area contributed by atoms with Crippen molar-refractivity contribution in [2.24, 2.45) is 0 Å². The van der Waals surface area contributed by atoms with Gasteiger partial charge in [0, 0.05) is 56.6 Å². The third kappa shape index (κ3) is 4.44. The van der Waals surface area contributed by atoms with Gasteiger partial charge in [-0.1, -0.05) is 18.2 Å². The zero-order chi connectivity index (χ0) is 20.1. The van der Waals surface area contributed by atoms with Crippen molar-refractivity contribution in [1.29, 1.82) is 0 Å². The van der Waals surface area contributed by atoms with Crippen LogP contribution in [0.25, 0.3) is 10.9 Å². The molecule has 0 bridgehead atoms. The van der Waals surface area contributed by atoms with Gasteiger partial charge in [-0.05, 0) is 18.1 Å². The highest BCUT2D eigenvalue weighted by atomic mass is 16.5. The average Bonchev–Trinajstić information content (AvgIpc) is 2.93. The fourth-order valence-corrected chi connectivity index (χ4v) is 3.64. The molecule has 8 heteroatoms. The molecule has 0 radical (unpaired) electrons. The molecule has 1 aromatic heterocycles. The van der Waals surface area contributed by atoms with E-state index in [-0.39, 0.29) is 17.9 Å². The lowest BCUT2D eigenvalue weighted by molar-refractivity contribution is -0.136. The average molecular weight is 386 g/mol. The highest BCUT2D eigenvalue weighted by molar-refractivity contribution is 5.89. The summed E-state index contributed by atoms with van der Waals surface area (Å²) in [7, 11) is 1.35. The first kappa shape index (κ1) is 19.7. The molecule has 150 valence electrons. The summed E-state index contributed by atoms with van der Waals surface area (Å²) >= 11 is 0. The first-order valence-corrected chi connectivity index (χ1v) is 9.43. The number of para-hydroxylation sites is 1. The van der Waals surface area contributed by atoms with E-state index >= 15 is 0 Å². The van der Waals surface area contributed by atoms with Gasteiger partial charge in [0.25, 0.3) is 0 Å². The summed E-state index contributed by atoms with van der Waals surface area (Å²) in [6, 6.07) is 7.22. The van der Waals surface area contributed by atoms with Crippen LogP contribution in [0, 0.1) is 0 Å². The third-order valence-electron chi connectivity index (χ3n) is 5.01. The normalized spacial score (nSPS) is 15.8. The van der Waals surface area contributed by atoms with Gasteiger partial charge in [0.1, 0.15) is 6.04 Å². The van der Waals surface area contributed by atoms with Crippen molar-refractivity contribution < 1.29 is 19.1 Å². The second kappa shape index (κ2) is 8.77. The van der Waals surface area contributed by atoms with Gasteiger partial charge in [0.05, 0.1) is 7.11 Å². The van der Waals surface area contributed by atoms with E-state index in [9.17, 15) is 14.4 Å². The molecule has 0 unspecified atom stereocenters. The van der Waals surface area contributed by atoms with Gasteiger partial charge in [-0.3, -0.25) is 9.59 Å². The zero-order valence-corrected chi connectivity index (χ0v) is 16.2. The van der Waals surface area contributed by atoms with E-state index in [1.807, 2.05) is 30.5 Å². The van der Waals surface area contributed by atoms with Crippen LogP contribution in [0.3, 0.4) is 0 Å². The molecule has 28 heavy (non-hydrogen) atoms. The highest BCUT2D eigenvalue weighted by Crippen LogP contribution is 2.20. The number of benzene rings is 1. The Bertz CT molecular complexity index is 863. The van der Waals surface area contributed by atoms with E-state index in [0.29, 0.717) is 39.0 Å². The highest BCUT2D eigenvalue weighted by Gasteiger charge is 2.29. The van der Waals surface area contributed by atoms with Crippen LogP contribution >= 0.6 is 0 Å². The molecule has 0 saturated carbocycles. The molecule has 1 atom stereocenters. The van der Waals surface area contributed by atoms with Gasteiger partial charge in [-0.2, -0.15) is 0 Å². The molecule has 1 aliphatic heterocycles. The van der Waals surface area contributed by atoms with E-state index in [4.69, 9.17) is 4.74 Å². The number of rotatable bonds is 4. The van der Waals surface area contributed by atoms with Crippen molar-refractivity contribution in [3.63, 3.8) is 0 Å². The van der Waals surface area contributed by atoms with Crippen molar-refractivity contribution in [2.75, 3.05) is 33.3 Å². The van der Waals surface area contributed by atoms with Crippen molar-refractivity contribution in [2.45, 2.75) is 25.8 Å². The minimum Gasteiger partial charge on any atom is -0.453 e. The van der Waals surface area contributed by atoms with Gasteiger partial charge in [-0.25, -0.2) is 4.79 Å². The first-order chi connectivity index (χ1) is 13.5. The Balaban J connectivity index is 1.74. The molecule has 1 saturated heterocycles. The number of fused-ring (bicyclic) bond motifs is 1. The Morgan fingerprint density at radius 1 is 1.14 bits per heavy atom. The maximum absolute atomic E-state index is 13.2. The van der Waals surface area contributed by atoms with Crippen molar-refractivity contribution in [1.82, 2.24) is 20.1 Å². The van der Waals surface area contributed by atoms with E-state index in [1.54, 1.807) is 9.80 Å². The predicted molar refractivity (Wildman–Crippen MR) is 105 cm³/mol. The Morgan fingerprint density at radius 3 is 2.61 bits per heavy atom. The van der Waals surface area contributed by atoms with Crippen LogP contribution in [0.1, 0.15) is 18.9 Å². The number of H-pyrrole nitrogens is 1. The third-order valence-corrected chi connectivity index (χ3v) is 5.01.